The van der Waals surface area contributed by atoms with E-state index in [0.29, 0.717) is 0 Å². The van der Waals surface area contributed by atoms with Gasteiger partial charge in [-0.3, -0.25) is 0 Å². The van der Waals surface area contributed by atoms with E-state index in [-0.39, 0.29) is 10.8 Å². The van der Waals surface area contributed by atoms with E-state index < -0.39 is 0 Å². The van der Waals surface area contributed by atoms with Crippen LogP contribution in [-0.4, -0.2) is 6.61 Å². The van der Waals surface area contributed by atoms with Gasteiger partial charge in [0.2, 0.25) is 0 Å². The predicted molar refractivity (Wildman–Crippen MR) is 319 cm³/mol. The van der Waals surface area contributed by atoms with E-state index in [0.717, 1.165) is 25.2 Å². The Morgan fingerprint density at radius 2 is 0.613 bits per heavy atom. The van der Waals surface area contributed by atoms with Crippen molar-refractivity contribution in [2.24, 2.45) is 0 Å². The van der Waals surface area contributed by atoms with Crippen molar-refractivity contribution in [1.29, 1.82) is 0 Å². The Labute approximate surface area is 440 Å². The van der Waals surface area contributed by atoms with Gasteiger partial charge in [0, 0.05) is 10.8 Å². The maximum absolute atomic E-state index is 5.97. The van der Waals surface area contributed by atoms with Crippen LogP contribution in [0.1, 0.15) is 69.7 Å². The van der Waals surface area contributed by atoms with E-state index in [9.17, 15) is 0 Å². The van der Waals surface area contributed by atoms with Gasteiger partial charge in [0.25, 0.3) is 0 Å². The molecule has 2 aliphatic carbocycles. The molecule has 1 heteroatoms. The van der Waals surface area contributed by atoms with Crippen LogP contribution in [0.15, 0.2) is 224 Å². The highest BCUT2D eigenvalue weighted by molar-refractivity contribution is 6.30. The molecule has 0 saturated heterocycles. The van der Waals surface area contributed by atoms with Gasteiger partial charge in [0.15, 0.2) is 0 Å². The van der Waals surface area contributed by atoms with Gasteiger partial charge in [0.1, 0.15) is 5.75 Å². The highest BCUT2D eigenvalue weighted by atomic mass is 16.5. The molecule has 12 aromatic rings. The first-order valence-electron chi connectivity index (χ1n) is 26.9. The lowest BCUT2D eigenvalue weighted by molar-refractivity contribution is 0.309. The monoisotopic (exact) mass is 962 g/mol. The second kappa shape index (κ2) is 17.3. The van der Waals surface area contributed by atoms with Crippen LogP contribution in [0.25, 0.3) is 121 Å². The van der Waals surface area contributed by atoms with E-state index in [4.69, 9.17) is 4.74 Å². The molecule has 2 aliphatic rings. The van der Waals surface area contributed by atoms with E-state index in [1.165, 1.54) is 143 Å². The molecule has 0 aliphatic heterocycles. The van der Waals surface area contributed by atoms with E-state index >= 15 is 0 Å². The smallest absolute Gasteiger partial charge is 0.119 e. The van der Waals surface area contributed by atoms with Crippen molar-refractivity contribution in [2.45, 2.75) is 58.3 Å². The summed E-state index contributed by atoms with van der Waals surface area (Å²) in [5.74, 6) is 0.924. The van der Waals surface area contributed by atoms with Gasteiger partial charge in [-0.05, 0) is 180 Å². The number of ether oxygens (including phenoxy) is 1. The average molecular weight is 963 g/mol. The van der Waals surface area contributed by atoms with Crippen LogP contribution in [0.4, 0.5) is 0 Å². The normalized spacial score (nSPS) is 13.8. The molecule has 1 nitrogen and oxygen atoms in total. The SMILES string of the molecule is CCCCOc1ccc(-c2ccc(-c3c4ccccc4c(-c4c5ccccc5c(-c5ccc6c(c5)C(C)(C)c5cc(-c7ccc8c(c7)C(C)(C)c7ccccc7-8)ccc5-6)c5ccccc45)c4ccccc34)cc2)cc1. The topological polar surface area (TPSA) is 9.23 Å². The summed E-state index contributed by atoms with van der Waals surface area (Å²) in [7, 11) is 0. The van der Waals surface area contributed by atoms with E-state index in [1.807, 2.05) is 0 Å². The highest BCUT2D eigenvalue weighted by Crippen LogP contribution is 2.55. The second-order valence-corrected chi connectivity index (χ2v) is 22.1. The maximum atomic E-state index is 5.97. The van der Waals surface area contributed by atoms with Crippen molar-refractivity contribution in [3.05, 3.63) is 247 Å². The lowest BCUT2D eigenvalue weighted by Gasteiger charge is -2.24. The Balaban J connectivity index is 0.882. The van der Waals surface area contributed by atoms with Crippen LogP contribution >= 0.6 is 0 Å². The third-order valence-corrected chi connectivity index (χ3v) is 17.1. The van der Waals surface area contributed by atoms with Crippen molar-refractivity contribution in [2.75, 3.05) is 6.61 Å². The maximum Gasteiger partial charge on any atom is 0.119 e. The quantitative estimate of drug-likeness (QED) is 0.103. The predicted octanol–water partition coefficient (Wildman–Crippen LogP) is 20.4. The van der Waals surface area contributed by atoms with Crippen molar-refractivity contribution in [3.63, 3.8) is 0 Å². The zero-order chi connectivity index (χ0) is 50.6. The van der Waals surface area contributed by atoms with Gasteiger partial charge in [-0.25, -0.2) is 0 Å². The first-order chi connectivity index (χ1) is 36.7. The number of rotatable bonds is 9. The fourth-order valence-corrected chi connectivity index (χ4v) is 13.3. The highest BCUT2D eigenvalue weighted by Gasteiger charge is 2.38. The van der Waals surface area contributed by atoms with Crippen LogP contribution in [0.3, 0.4) is 0 Å². The zero-order valence-corrected chi connectivity index (χ0v) is 43.4. The molecule has 0 spiro atoms. The first-order valence-corrected chi connectivity index (χ1v) is 26.9. The molecule has 12 aromatic carbocycles. The van der Waals surface area contributed by atoms with Gasteiger partial charge in [-0.2, -0.15) is 0 Å². The summed E-state index contributed by atoms with van der Waals surface area (Å²) in [6.07, 6.45) is 2.19. The summed E-state index contributed by atoms with van der Waals surface area (Å²) in [5, 5.41) is 10.0. The van der Waals surface area contributed by atoms with Crippen molar-refractivity contribution in [1.82, 2.24) is 0 Å². The summed E-state index contributed by atoms with van der Waals surface area (Å²) < 4.78 is 5.97. The minimum absolute atomic E-state index is 0.0457. The Bertz CT molecular complexity index is 4170. The van der Waals surface area contributed by atoms with Gasteiger partial charge in [-0.15, -0.1) is 0 Å². The summed E-state index contributed by atoms with van der Waals surface area (Å²) >= 11 is 0. The number of hydrogen-bond donors (Lipinski definition) is 0. The molecule has 0 N–H and O–H groups in total. The third-order valence-electron chi connectivity index (χ3n) is 17.1. The molecule has 0 fully saturated rings. The summed E-state index contributed by atoms with van der Waals surface area (Å²) in [6, 6.07) is 84.7. The zero-order valence-electron chi connectivity index (χ0n) is 43.4. The lowest BCUT2D eigenvalue weighted by Crippen LogP contribution is -2.15. The number of benzene rings is 12. The molecule has 360 valence electrons. The van der Waals surface area contributed by atoms with Gasteiger partial charge >= 0.3 is 0 Å². The summed E-state index contributed by atoms with van der Waals surface area (Å²) in [4.78, 5) is 0. The fraction of sp³-hybridized carbons (Fsp3) is 0.135. The Kier molecular flexibility index (Phi) is 10.4. The van der Waals surface area contributed by atoms with Gasteiger partial charge in [-0.1, -0.05) is 235 Å². The molecule has 0 saturated carbocycles. The Hall–Kier alpha value is -8.52. The average Bonchev–Trinajstić information content (AvgIpc) is 3.85. The van der Waals surface area contributed by atoms with E-state index in [2.05, 4.69) is 259 Å². The number of unbranched alkanes of at least 4 members (excludes halogenated alkanes) is 1. The molecule has 0 aromatic heterocycles. The van der Waals surface area contributed by atoms with Crippen LogP contribution in [0.2, 0.25) is 0 Å². The lowest BCUT2D eigenvalue weighted by atomic mass is 9.79. The number of fused-ring (bicyclic) bond motifs is 10. The Morgan fingerprint density at radius 1 is 0.293 bits per heavy atom. The van der Waals surface area contributed by atoms with Gasteiger partial charge < -0.3 is 4.74 Å². The van der Waals surface area contributed by atoms with Crippen LogP contribution in [-0.2, 0) is 10.8 Å². The minimum Gasteiger partial charge on any atom is -0.494 e. The second-order valence-electron chi connectivity index (χ2n) is 22.1. The molecule has 14 rings (SSSR count). The molecule has 0 atom stereocenters. The van der Waals surface area contributed by atoms with Crippen LogP contribution in [0, 0.1) is 0 Å². The van der Waals surface area contributed by atoms with Crippen LogP contribution in [0.5, 0.6) is 5.75 Å². The molecule has 0 bridgehead atoms. The van der Waals surface area contributed by atoms with E-state index in [1.54, 1.807) is 0 Å². The standard InChI is InChI=1S/C74H58O/c1-6-7-42-75-52-37-32-47(33-38-52)46-28-30-48(31-29-46)69-57-19-8-12-23-61(57)71(62-24-13-9-20-58(62)69)72-63-25-14-10-21-59(63)70(60-22-11-15-26-64(60)72)51-36-41-56-55-40-35-50(44-67(55)74(4,5)68(56)45-51)49-34-39-54-53-18-16-17-27-65(53)73(2,3)66(54)43-49/h8-41,43-45H,6-7,42H2,1-5H3. The molecule has 0 amide bonds. The van der Waals surface area contributed by atoms with Crippen molar-refractivity contribution in [3.8, 4) is 83.6 Å². The molecular formula is C74H58O. The minimum atomic E-state index is -0.205. The third kappa shape index (κ3) is 6.98. The molecular weight excluding hydrogens is 905 g/mol. The Morgan fingerprint density at radius 3 is 1.07 bits per heavy atom. The largest absolute Gasteiger partial charge is 0.494 e. The fourth-order valence-electron chi connectivity index (χ4n) is 13.3. The van der Waals surface area contributed by atoms with Gasteiger partial charge in [0.05, 0.1) is 6.61 Å². The summed E-state index contributed by atoms with van der Waals surface area (Å²) in [5.41, 5.74) is 23.2. The first kappa shape index (κ1) is 45.1. The molecule has 75 heavy (non-hydrogen) atoms. The van der Waals surface area contributed by atoms with Crippen molar-refractivity contribution < 1.29 is 4.74 Å². The summed E-state index contributed by atoms with van der Waals surface area (Å²) in [6.45, 7) is 12.5. The number of hydrogen-bond acceptors (Lipinski definition) is 1. The molecule has 0 heterocycles. The van der Waals surface area contributed by atoms with Crippen molar-refractivity contribution >= 4 is 43.1 Å². The van der Waals surface area contributed by atoms with Crippen LogP contribution < -0.4 is 4.74 Å². The molecule has 0 radical (unpaired) electrons. The molecule has 0 unspecified atom stereocenters.